The summed E-state index contributed by atoms with van der Waals surface area (Å²) in [7, 11) is 0. The number of anilines is 2. The highest BCUT2D eigenvalue weighted by Crippen LogP contribution is 2.29. The molecule has 2 aromatic carbocycles. The quantitative estimate of drug-likeness (QED) is 0.486. The van der Waals surface area contributed by atoms with Crippen molar-refractivity contribution in [1.29, 1.82) is 0 Å². The van der Waals surface area contributed by atoms with Crippen LogP contribution in [0.2, 0.25) is 0 Å². The maximum atomic E-state index is 13.3. The van der Waals surface area contributed by atoms with Gasteiger partial charge in [-0.05, 0) is 61.7 Å². The average molecular weight is 464 g/mol. The molecule has 4 amide bonds. The van der Waals surface area contributed by atoms with E-state index in [-0.39, 0.29) is 18.9 Å². The van der Waals surface area contributed by atoms with E-state index in [2.05, 4.69) is 5.32 Å². The van der Waals surface area contributed by atoms with Crippen LogP contribution >= 0.6 is 11.3 Å². The lowest BCUT2D eigenvalue weighted by Gasteiger charge is -2.21. The Balaban J connectivity index is 1.53. The number of nitrogens with zero attached hydrogens (tertiary/aromatic N) is 2. The van der Waals surface area contributed by atoms with E-state index in [0.717, 1.165) is 10.4 Å². The van der Waals surface area contributed by atoms with Crippen LogP contribution in [0.4, 0.5) is 16.2 Å². The fourth-order valence-corrected chi connectivity index (χ4v) is 4.41. The number of carbonyl (C=O) groups excluding carboxylic acids is 3. The molecule has 33 heavy (non-hydrogen) atoms. The molecule has 4 rings (SSSR count). The van der Waals surface area contributed by atoms with Gasteiger partial charge in [-0.1, -0.05) is 23.8 Å². The topological polar surface area (TPSA) is 79.0 Å². The SMILES string of the molecule is CCOc1ccc(NC(=O)C[C@H]2C(=O)N(c3ccc(C)cc3)C(=O)N2Cc2cccs2)cc1. The normalized spacial score (nSPS) is 15.8. The second-order valence-electron chi connectivity index (χ2n) is 7.72. The molecular weight excluding hydrogens is 438 g/mol. The zero-order valence-corrected chi connectivity index (χ0v) is 19.3. The molecule has 0 saturated carbocycles. The Labute approximate surface area is 196 Å². The van der Waals surface area contributed by atoms with Crippen molar-refractivity contribution in [3.63, 3.8) is 0 Å². The van der Waals surface area contributed by atoms with Gasteiger partial charge in [-0.3, -0.25) is 9.59 Å². The Hall–Kier alpha value is -3.65. The van der Waals surface area contributed by atoms with E-state index in [1.165, 1.54) is 21.1 Å². The van der Waals surface area contributed by atoms with Crippen LogP contribution in [-0.4, -0.2) is 35.4 Å². The van der Waals surface area contributed by atoms with Gasteiger partial charge >= 0.3 is 6.03 Å². The first-order chi connectivity index (χ1) is 16.0. The first-order valence-corrected chi connectivity index (χ1v) is 11.6. The molecule has 1 aliphatic heterocycles. The molecule has 7 nitrogen and oxygen atoms in total. The zero-order valence-electron chi connectivity index (χ0n) is 18.5. The number of aryl methyl sites for hydroxylation is 1. The number of imide groups is 1. The number of benzene rings is 2. The van der Waals surface area contributed by atoms with Crippen molar-refractivity contribution in [2.45, 2.75) is 32.9 Å². The van der Waals surface area contributed by atoms with Crippen LogP contribution in [-0.2, 0) is 16.1 Å². The fourth-order valence-electron chi connectivity index (χ4n) is 3.70. The van der Waals surface area contributed by atoms with Gasteiger partial charge in [0.05, 0.1) is 25.3 Å². The van der Waals surface area contributed by atoms with Crippen LogP contribution < -0.4 is 15.0 Å². The Kier molecular flexibility index (Phi) is 6.74. The Bertz CT molecular complexity index is 1130. The standard InChI is InChI=1S/C25H25N3O4S/c1-3-32-20-12-8-18(9-13-20)26-23(29)15-22-24(30)28(19-10-6-17(2)7-11-19)25(31)27(22)16-21-5-4-14-33-21/h4-14,22H,3,15-16H2,1-2H3,(H,26,29)/t22-/m0/s1. The molecule has 0 unspecified atom stereocenters. The summed E-state index contributed by atoms with van der Waals surface area (Å²) in [6.07, 6.45) is -0.133. The van der Waals surface area contributed by atoms with Crippen molar-refractivity contribution >= 4 is 40.6 Å². The molecule has 0 radical (unpaired) electrons. The highest BCUT2D eigenvalue weighted by molar-refractivity contribution is 7.09. The summed E-state index contributed by atoms with van der Waals surface area (Å²) in [6, 6.07) is 16.7. The molecule has 170 valence electrons. The summed E-state index contributed by atoms with van der Waals surface area (Å²) in [5, 5.41) is 4.73. The number of ether oxygens (including phenoxy) is 1. The minimum atomic E-state index is -0.886. The number of nitrogens with one attached hydrogen (secondary N) is 1. The van der Waals surface area contributed by atoms with Gasteiger partial charge in [-0.15, -0.1) is 11.3 Å². The third-order valence-electron chi connectivity index (χ3n) is 5.34. The Morgan fingerprint density at radius 1 is 1.06 bits per heavy atom. The summed E-state index contributed by atoms with van der Waals surface area (Å²) in [6.45, 7) is 4.67. The lowest BCUT2D eigenvalue weighted by Crippen LogP contribution is -2.37. The lowest BCUT2D eigenvalue weighted by atomic mass is 10.1. The van der Waals surface area contributed by atoms with E-state index in [0.29, 0.717) is 23.7 Å². The Morgan fingerprint density at radius 3 is 2.42 bits per heavy atom. The third-order valence-corrected chi connectivity index (χ3v) is 6.21. The molecule has 1 aromatic heterocycles. The van der Waals surface area contributed by atoms with Crippen molar-refractivity contribution in [2.24, 2.45) is 0 Å². The van der Waals surface area contributed by atoms with Crippen molar-refractivity contribution in [3.05, 3.63) is 76.5 Å². The molecule has 8 heteroatoms. The molecule has 1 N–H and O–H groups in total. The number of amides is 4. The number of hydrogen-bond acceptors (Lipinski definition) is 5. The number of rotatable bonds is 8. The van der Waals surface area contributed by atoms with E-state index >= 15 is 0 Å². The van der Waals surface area contributed by atoms with E-state index in [1.54, 1.807) is 36.4 Å². The predicted octanol–water partition coefficient (Wildman–Crippen LogP) is 4.82. The van der Waals surface area contributed by atoms with Crippen LogP contribution in [0.1, 0.15) is 23.8 Å². The summed E-state index contributed by atoms with van der Waals surface area (Å²) in [5.74, 6) is -0.0302. The summed E-state index contributed by atoms with van der Waals surface area (Å²) in [5.41, 5.74) is 2.13. The molecule has 0 bridgehead atoms. The number of hydrogen-bond donors (Lipinski definition) is 1. The van der Waals surface area contributed by atoms with Gasteiger partial charge in [0, 0.05) is 10.6 Å². The Morgan fingerprint density at radius 2 is 1.79 bits per heavy atom. The fraction of sp³-hybridized carbons (Fsp3) is 0.240. The monoisotopic (exact) mass is 463 g/mol. The second kappa shape index (κ2) is 9.87. The van der Waals surface area contributed by atoms with Crippen molar-refractivity contribution in [1.82, 2.24) is 4.90 Å². The third kappa shape index (κ3) is 5.06. The molecule has 1 atom stereocenters. The second-order valence-corrected chi connectivity index (χ2v) is 8.76. The smallest absolute Gasteiger partial charge is 0.332 e. The van der Waals surface area contributed by atoms with Crippen molar-refractivity contribution in [2.75, 3.05) is 16.8 Å². The van der Waals surface area contributed by atoms with Gasteiger partial charge in [-0.25, -0.2) is 9.69 Å². The van der Waals surface area contributed by atoms with Crippen LogP contribution in [0.15, 0.2) is 66.0 Å². The van der Waals surface area contributed by atoms with E-state index < -0.39 is 18.0 Å². The molecule has 2 heterocycles. The van der Waals surface area contributed by atoms with Crippen LogP contribution in [0, 0.1) is 6.92 Å². The van der Waals surface area contributed by atoms with Crippen LogP contribution in [0.5, 0.6) is 5.75 Å². The summed E-state index contributed by atoms with van der Waals surface area (Å²) < 4.78 is 5.42. The first kappa shape index (κ1) is 22.5. The highest BCUT2D eigenvalue weighted by Gasteiger charge is 2.46. The minimum absolute atomic E-state index is 0.133. The minimum Gasteiger partial charge on any atom is -0.494 e. The molecule has 1 aliphatic rings. The molecule has 0 spiro atoms. The van der Waals surface area contributed by atoms with Gasteiger partial charge < -0.3 is 15.0 Å². The zero-order chi connectivity index (χ0) is 23.4. The first-order valence-electron chi connectivity index (χ1n) is 10.7. The number of thiophene rings is 1. The molecule has 0 aliphatic carbocycles. The van der Waals surface area contributed by atoms with Gasteiger partial charge in [0.1, 0.15) is 11.8 Å². The number of carbonyl (C=O) groups is 3. The summed E-state index contributed by atoms with van der Waals surface area (Å²) in [4.78, 5) is 43.0. The molecule has 1 fully saturated rings. The largest absolute Gasteiger partial charge is 0.494 e. The maximum Gasteiger partial charge on any atom is 0.332 e. The summed E-state index contributed by atoms with van der Waals surface area (Å²) >= 11 is 1.50. The van der Waals surface area contributed by atoms with Gasteiger partial charge in [-0.2, -0.15) is 0 Å². The highest BCUT2D eigenvalue weighted by atomic mass is 32.1. The van der Waals surface area contributed by atoms with Gasteiger partial charge in [0.2, 0.25) is 5.91 Å². The van der Waals surface area contributed by atoms with Crippen LogP contribution in [0.3, 0.4) is 0 Å². The predicted molar refractivity (Wildman–Crippen MR) is 129 cm³/mol. The van der Waals surface area contributed by atoms with E-state index in [9.17, 15) is 14.4 Å². The maximum absolute atomic E-state index is 13.3. The molecular formula is C25H25N3O4S. The average Bonchev–Trinajstić information content (AvgIpc) is 3.39. The van der Waals surface area contributed by atoms with Crippen LogP contribution in [0.25, 0.3) is 0 Å². The molecule has 1 saturated heterocycles. The van der Waals surface area contributed by atoms with Crippen molar-refractivity contribution < 1.29 is 19.1 Å². The van der Waals surface area contributed by atoms with Gasteiger partial charge in [0.15, 0.2) is 0 Å². The number of urea groups is 1. The van der Waals surface area contributed by atoms with Crippen molar-refractivity contribution in [3.8, 4) is 5.75 Å². The van der Waals surface area contributed by atoms with Gasteiger partial charge in [0.25, 0.3) is 5.91 Å². The molecule has 3 aromatic rings. The lowest BCUT2D eigenvalue weighted by molar-refractivity contribution is -0.124. The van der Waals surface area contributed by atoms with E-state index in [4.69, 9.17) is 4.74 Å². The van der Waals surface area contributed by atoms with E-state index in [1.807, 2.05) is 43.5 Å².